The maximum atomic E-state index is 13.3. The normalized spacial score (nSPS) is 17.5. The summed E-state index contributed by atoms with van der Waals surface area (Å²) in [6.07, 6.45) is 4.59. The van der Waals surface area contributed by atoms with Crippen LogP contribution in [0.5, 0.6) is 0 Å². The van der Waals surface area contributed by atoms with E-state index in [0.717, 1.165) is 28.8 Å². The Labute approximate surface area is 193 Å². The van der Waals surface area contributed by atoms with Crippen molar-refractivity contribution in [2.45, 2.75) is 18.3 Å². The second-order valence-corrected chi connectivity index (χ2v) is 9.25. The summed E-state index contributed by atoms with van der Waals surface area (Å²) in [6.45, 7) is 0. The molecule has 4 nitrogen and oxygen atoms in total. The first kappa shape index (κ1) is 19.4. The summed E-state index contributed by atoms with van der Waals surface area (Å²) in [7, 11) is 0. The summed E-state index contributed by atoms with van der Waals surface area (Å²) in [5.41, 5.74) is 5.74. The molecule has 0 unspecified atom stereocenters. The molecular weight excluding hydrogens is 438 g/mol. The summed E-state index contributed by atoms with van der Waals surface area (Å²) < 4.78 is 1.63. The molecule has 6 rings (SSSR count). The molecule has 0 saturated heterocycles. The van der Waals surface area contributed by atoms with E-state index in [1.807, 2.05) is 48.0 Å². The third kappa shape index (κ3) is 3.25. The van der Waals surface area contributed by atoms with E-state index < -0.39 is 0 Å². The minimum absolute atomic E-state index is 0.167. The Kier molecular flexibility index (Phi) is 4.67. The van der Waals surface area contributed by atoms with E-state index in [1.165, 1.54) is 16.9 Å². The third-order valence-electron chi connectivity index (χ3n) is 6.08. The van der Waals surface area contributed by atoms with Gasteiger partial charge in [-0.25, -0.2) is 9.38 Å². The molecule has 6 heteroatoms. The Morgan fingerprint density at radius 3 is 2.41 bits per heavy atom. The molecule has 5 aromatic rings. The van der Waals surface area contributed by atoms with Gasteiger partial charge < -0.3 is 0 Å². The van der Waals surface area contributed by atoms with E-state index >= 15 is 0 Å². The van der Waals surface area contributed by atoms with Crippen LogP contribution in [0.2, 0.25) is 5.02 Å². The van der Waals surface area contributed by atoms with Crippen LogP contribution in [0, 0.1) is 0 Å². The number of aromatic nitrogens is 3. The van der Waals surface area contributed by atoms with Gasteiger partial charge in [-0.15, -0.1) is 11.3 Å². The molecular formula is C26H18ClN3OS. The van der Waals surface area contributed by atoms with Crippen LogP contribution in [-0.4, -0.2) is 14.4 Å². The van der Waals surface area contributed by atoms with E-state index in [4.69, 9.17) is 16.6 Å². The fourth-order valence-corrected chi connectivity index (χ4v) is 5.48. The monoisotopic (exact) mass is 455 g/mol. The number of benzene rings is 2. The van der Waals surface area contributed by atoms with Gasteiger partial charge in [-0.1, -0.05) is 72.3 Å². The Hall–Kier alpha value is -3.28. The molecule has 0 bridgehead atoms. The predicted octanol–water partition coefficient (Wildman–Crippen LogP) is 6.41. The van der Waals surface area contributed by atoms with Crippen molar-refractivity contribution in [2.75, 3.05) is 0 Å². The number of hydrogen-bond acceptors (Lipinski definition) is 4. The van der Waals surface area contributed by atoms with Crippen molar-refractivity contribution < 1.29 is 0 Å². The summed E-state index contributed by atoms with van der Waals surface area (Å²) in [6, 6.07) is 22.5. The quantitative estimate of drug-likeness (QED) is 0.314. The largest absolute Gasteiger partial charge is 0.278 e. The molecule has 1 fully saturated rings. The van der Waals surface area contributed by atoms with Crippen molar-refractivity contribution in [3.8, 4) is 22.4 Å². The lowest BCUT2D eigenvalue weighted by atomic mass is 10.0. The van der Waals surface area contributed by atoms with Gasteiger partial charge in [-0.3, -0.25) is 9.78 Å². The molecule has 156 valence electrons. The molecule has 0 N–H and O–H groups in total. The molecule has 0 spiro atoms. The number of hydrogen-bond donors (Lipinski definition) is 0. The first-order chi connectivity index (χ1) is 15.7. The van der Waals surface area contributed by atoms with Gasteiger partial charge in [-0.05, 0) is 40.7 Å². The number of fused-ring (bicyclic) bond motifs is 1. The predicted molar refractivity (Wildman–Crippen MR) is 130 cm³/mol. The van der Waals surface area contributed by atoms with E-state index in [2.05, 4.69) is 35.3 Å². The van der Waals surface area contributed by atoms with Crippen molar-refractivity contribution in [1.82, 2.24) is 14.4 Å². The summed E-state index contributed by atoms with van der Waals surface area (Å²) in [5, 5.41) is 2.20. The van der Waals surface area contributed by atoms with Crippen LogP contribution in [0.4, 0.5) is 0 Å². The zero-order valence-corrected chi connectivity index (χ0v) is 18.6. The van der Waals surface area contributed by atoms with Crippen molar-refractivity contribution in [3.05, 3.63) is 111 Å². The standard InChI is InChI=1S/C26H18ClN3OS/c27-23-24(21-13-20(21)19-7-4-12-28-14-19)29-26-30(25(23)31)22(15-32-26)18-10-8-17(9-11-18)16-5-2-1-3-6-16/h1-12,14-15,20-21H,13H2/t20-,21+/m0/s1. The Balaban J connectivity index is 1.37. The van der Waals surface area contributed by atoms with Gasteiger partial charge in [0, 0.05) is 23.7 Å². The Morgan fingerprint density at radius 1 is 0.906 bits per heavy atom. The van der Waals surface area contributed by atoms with Gasteiger partial charge in [-0.2, -0.15) is 0 Å². The third-order valence-corrected chi connectivity index (χ3v) is 7.26. The highest BCUT2D eigenvalue weighted by molar-refractivity contribution is 7.15. The molecule has 1 aliphatic carbocycles. The number of pyridine rings is 1. The van der Waals surface area contributed by atoms with E-state index in [-0.39, 0.29) is 16.5 Å². The minimum atomic E-state index is -0.202. The van der Waals surface area contributed by atoms with Crippen molar-refractivity contribution >= 4 is 27.9 Å². The molecule has 2 aromatic carbocycles. The van der Waals surface area contributed by atoms with Gasteiger partial charge in [0.05, 0.1) is 11.4 Å². The molecule has 0 aliphatic heterocycles. The van der Waals surface area contributed by atoms with Crippen LogP contribution in [0.25, 0.3) is 27.3 Å². The number of thiazole rings is 1. The van der Waals surface area contributed by atoms with E-state index in [1.54, 1.807) is 10.6 Å². The van der Waals surface area contributed by atoms with Gasteiger partial charge in [0.2, 0.25) is 0 Å². The first-order valence-corrected chi connectivity index (χ1v) is 11.7. The molecule has 0 radical (unpaired) electrons. The Bertz CT molecular complexity index is 1480. The topological polar surface area (TPSA) is 47.3 Å². The highest BCUT2D eigenvalue weighted by Gasteiger charge is 2.43. The van der Waals surface area contributed by atoms with Crippen molar-refractivity contribution in [3.63, 3.8) is 0 Å². The summed E-state index contributed by atoms with van der Waals surface area (Å²) >= 11 is 8.04. The SMILES string of the molecule is O=c1c(Cl)c([C@@H]2C[C@H]2c2cccnc2)nc2scc(-c3ccc(-c4ccccc4)cc3)n12. The van der Waals surface area contributed by atoms with Gasteiger partial charge in [0.25, 0.3) is 5.56 Å². The molecule has 3 aromatic heterocycles. The van der Waals surface area contributed by atoms with Crippen LogP contribution in [-0.2, 0) is 0 Å². The lowest BCUT2D eigenvalue weighted by Gasteiger charge is -2.07. The second kappa shape index (κ2) is 7.69. The first-order valence-electron chi connectivity index (χ1n) is 10.5. The molecule has 0 amide bonds. The highest BCUT2D eigenvalue weighted by atomic mass is 35.5. The number of rotatable bonds is 4. The van der Waals surface area contributed by atoms with Gasteiger partial charge >= 0.3 is 0 Å². The van der Waals surface area contributed by atoms with Gasteiger partial charge in [0.1, 0.15) is 5.02 Å². The molecule has 32 heavy (non-hydrogen) atoms. The average molecular weight is 456 g/mol. The van der Waals surface area contributed by atoms with Crippen molar-refractivity contribution in [1.29, 1.82) is 0 Å². The van der Waals surface area contributed by atoms with E-state index in [9.17, 15) is 4.79 Å². The number of nitrogens with zero attached hydrogens (tertiary/aromatic N) is 3. The zero-order valence-electron chi connectivity index (χ0n) is 17.0. The highest BCUT2D eigenvalue weighted by Crippen LogP contribution is 2.55. The fraction of sp³-hybridized carbons (Fsp3) is 0.115. The maximum Gasteiger partial charge on any atom is 0.278 e. The molecule has 3 heterocycles. The summed E-state index contributed by atoms with van der Waals surface area (Å²) in [4.78, 5) is 23.0. The number of halogens is 1. The Morgan fingerprint density at radius 2 is 1.66 bits per heavy atom. The average Bonchev–Trinajstić information content (AvgIpc) is 3.54. The maximum absolute atomic E-state index is 13.3. The minimum Gasteiger partial charge on any atom is -0.267 e. The lowest BCUT2D eigenvalue weighted by Crippen LogP contribution is -2.17. The fourth-order valence-electron chi connectivity index (χ4n) is 4.32. The van der Waals surface area contributed by atoms with Crippen LogP contribution < -0.4 is 5.56 Å². The summed E-state index contributed by atoms with van der Waals surface area (Å²) in [5.74, 6) is 0.487. The van der Waals surface area contributed by atoms with Crippen LogP contribution in [0.3, 0.4) is 0 Å². The van der Waals surface area contributed by atoms with Crippen LogP contribution >= 0.6 is 22.9 Å². The molecule has 1 aliphatic rings. The van der Waals surface area contributed by atoms with Crippen LogP contribution in [0.15, 0.2) is 89.3 Å². The van der Waals surface area contributed by atoms with Crippen molar-refractivity contribution in [2.24, 2.45) is 0 Å². The molecule has 2 atom stereocenters. The second-order valence-electron chi connectivity index (χ2n) is 8.03. The van der Waals surface area contributed by atoms with E-state index in [0.29, 0.717) is 16.6 Å². The lowest BCUT2D eigenvalue weighted by molar-refractivity contribution is 0.938. The smallest absolute Gasteiger partial charge is 0.267 e. The zero-order chi connectivity index (χ0) is 21.7. The molecule has 1 saturated carbocycles. The van der Waals surface area contributed by atoms with Gasteiger partial charge in [0.15, 0.2) is 4.96 Å². The van der Waals surface area contributed by atoms with Crippen LogP contribution in [0.1, 0.15) is 29.5 Å².